The molecule has 1 fully saturated rings. The number of carbonyl (C=O) groups excluding carboxylic acids is 1. The predicted molar refractivity (Wildman–Crippen MR) is 119 cm³/mol. The van der Waals surface area contributed by atoms with Gasteiger partial charge in [-0.15, -0.1) is 0 Å². The Bertz CT molecular complexity index is 1150. The van der Waals surface area contributed by atoms with Gasteiger partial charge < -0.3 is 13.9 Å². The van der Waals surface area contributed by atoms with E-state index in [4.69, 9.17) is 25.5 Å². The first-order chi connectivity index (χ1) is 15.6. The van der Waals surface area contributed by atoms with Gasteiger partial charge in [0.25, 0.3) is 0 Å². The molecular formula is C23H25ClN4O4. The number of rotatable bonds is 7. The monoisotopic (exact) mass is 456 g/mol. The third-order valence-electron chi connectivity index (χ3n) is 5.18. The van der Waals surface area contributed by atoms with Gasteiger partial charge in [0, 0.05) is 19.8 Å². The highest BCUT2D eigenvalue weighted by Crippen LogP contribution is 2.36. The molecule has 168 valence electrons. The van der Waals surface area contributed by atoms with Crippen molar-refractivity contribution < 1.29 is 18.7 Å². The summed E-state index contributed by atoms with van der Waals surface area (Å²) in [6, 6.07) is 3.55. The number of carbonyl (C=O) groups is 1. The molecular weight excluding hydrogens is 432 g/mol. The number of halogens is 1. The highest BCUT2D eigenvalue weighted by atomic mass is 35.5. The van der Waals surface area contributed by atoms with Gasteiger partial charge in [-0.25, -0.2) is 15.0 Å². The van der Waals surface area contributed by atoms with Crippen LogP contribution in [0.1, 0.15) is 64.4 Å². The zero-order valence-corrected chi connectivity index (χ0v) is 18.9. The molecule has 0 spiro atoms. The second-order valence-corrected chi connectivity index (χ2v) is 7.96. The van der Waals surface area contributed by atoms with Crippen molar-refractivity contribution in [3.63, 3.8) is 0 Å². The van der Waals surface area contributed by atoms with Gasteiger partial charge in [-0.1, -0.05) is 43.7 Å². The molecule has 4 heterocycles. The van der Waals surface area contributed by atoms with Crippen molar-refractivity contribution in [3.05, 3.63) is 29.4 Å². The smallest absolute Gasteiger partial charge is 0.303 e. The third kappa shape index (κ3) is 4.79. The highest BCUT2D eigenvalue weighted by molar-refractivity contribution is 6.33. The summed E-state index contributed by atoms with van der Waals surface area (Å²) in [5.74, 6) is 7.06. The Morgan fingerprint density at radius 3 is 2.94 bits per heavy atom. The third-order valence-corrected chi connectivity index (χ3v) is 5.44. The number of furan rings is 1. The summed E-state index contributed by atoms with van der Waals surface area (Å²) in [5, 5.41) is 0.193. The zero-order valence-electron chi connectivity index (χ0n) is 18.1. The van der Waals surface area contributed by atoms with E-state index in [0.717, 1.165) is 19.3 Å². The van der Waals surface area contributed by atoms with Crippen LogP contribution in [0.4, 0.5) is 0 Å². The van der Waals surface area contributed by atoms with Gasteiger partial charge in [0.05, 0.1) is 12.9 Å². The van der Waals surface area contributed by atoms with Crippen molar-refractivity contribution in [2.24, 2.45) is 0 Å². The van der Waals surface area contributed by atoms with Crippen molar-refractivity contribution in [2.45, 2.75) is 64.7 Å². The number of imidazole rings is 1. The number of nitrogens with zero attached hydrogens (tertiary/aromatic N) is 4. The summed E-state index contributed by atoms with van der Waals surface area (Å²) in [6.45, 7) is 3.99. The highest BCUT2D eigenvalue weighted by Gasteiger charge is 2.36. The van der Waals surface area contributed by atoms with Crippen LogP contribution in [-0.2, 0) is 14.3 Å². The maximum absolute atomic E-state index is 11.6. The van der Waals surface area contributed by atoms with E-state index in [1.165, 1.54) is 19.8 Å². The Morgan fingerprint density at radius 2 is 2.19 bits per heavy atom. The van der Waals surface area contributed by atoms with Crippen molar-refractivity contribution in [1.82, 2.24) is 19.5 Å². The second-order valence-electron chi connectivity index (χ2n) is 7.60. The molecule has 0 aromatic carbocycles. The SMILES string of the molecule is CCCCCCC#Cc1nc(Cl)c2nc(-c3ccco3)n([C@@H]3OCC[C@H]3OC(C)=O)c2n1. The number of esters is 1. The summed E-state index contributed by atoms with van der Waals surface area (Å²) >= 11 is 6.47. The average Bonchev–Trinajstić information content (AvgIpc) is 3.49. The van der Waals surface area contributed by atoms with Gasteiger partial charge in [0.15, 0.2) is 28.6 Å². The van der Waals surface area contributed by atoms with Crippen LogP contribution in [0.5, 0.6) is 0 Å². The Hall–Kier alpha value is -2.89. The van der Waals surface area contributed by atoms with Crippen LogP contribution >= 0.6 is 11.6 Å². The summed E-state index contributed by atoms with van der Waals surface area (Å²) < 4.78 is 18.8. The molecule has 2 atom stereocenters. The first-order valence-electron chi connectivity index (χ1n) is 10.9. The lowest BCUT2D eigenvalue weighted by molar-refractivity contribution is -0.151. The number of aromatic nitrogens is 4. The molecule has 3 aromatic rings. The van der Waals surface area contributed by atoms with Gasteiger partial charge >= 0.3 is 5.97 Å². The summed E-state index contributed by atoms with van der Waals surface area (Å²) in [6.07, 6.45) is 6.36. The maximum atomic E-state index is 11.6. The number of ether oxygens (including phenoxy) is 2. The van der Waals surface area contributed by atoms with E-state index in [2.05, 4.69) is 33.7 Å². The van der Waals surface area contributed by atoms with Gasteiger partial charge in [0.2, 0.25) is 5.82 Å². The number of hydrogen-bond acceptors (Lipinski definition) is 7. The molecule has 8 nitrogen and oxygen atoms in total. The van der Waals surface area contributed by atoms with Gasteiger partial charge in [0.1, 0.15) is 11.6 Å². The van der Waals surface area contributed by atoms with Crippen molar-refractivity contribution in [3.8, 4) is 23.4 Å². The van der Waals surface area contributed by atoms with Crippen molar-refractivity contribution >= 4 is 28.7 Å². The molecule has 0 N–H and O–H groups in total. The first-order valence-corrected chi connectivity index (χ1v) is 11.2. The lowest BCUT2D eigenvalue weighted by Gasteiger charge is -2.21. The molecule has 1 aliphatic rings. The molecule has 0 amide bonds. The number of fused-ring (bicyclic) bond motifs is 1. The van der Waals surface area contributed by atoms with Crippen LogP contribution in [-0.4, -0.2) is 38.2 Å². The molecule has 3 aromatic heterocycles. The van der Waals surface area contributed by atoms with E-state index in [1.54, 1.807) is 23.0 Å². The topological polar surface area (TPSA) is 92.3 Å². The molecule has 1 aliphatic heterocycles. The van der Waals surface area contributed by atoms with Crippen molar-refractivity contribution in [1.29, 1.82) is 0 Å². The van der Waals surface area contributed by atoms with Gasteiger partial charge in [-0.3, -0.25) is 9.36 Å². The van der Waals surface area contributed by atoms with E-state index in [-0.39, 0.29) is 11.1 Å². The lowest BCUT2D eigenvalue weighted by Crippen LogP contribution is -2.25. The van der Waals surface area contributed by atoms with Crippen LogP contribution in [0, 0.1) is 11.8 Å². The molecule has 0 aliphatic carbocycles. The van der Waals surface area contributed by atoms with Crippen LogP contribution in [0.2, 0.25) is 5.15 Å². The van der Waals surface area contributed by atoms with E-state index >= 15 is 0 Å². The fourth-order valence-electron chi connectivity index (χ4n) is 3.72. The number of hydrogen-bond donors (Lipinski definition) is 0. The van der Waals surface area contributed by atoms with Crippen LogP contribution in [0.3, 0.4) is 0 Å². The quantitative estimate of drug-likeness (QED) is 0.216. The summed E-state index contributed by atoms with van der Waals surface area (Å²) in [5.41, 5.74) is 0.861. The molecule has 4 rings (SSSR count). The standard InChI is InChI=1S/C23H25ClN4O4/c1-3-4-5-6-7-8-11-18-25-20(24)19-22(26-18)28(21(27-19)16-10-9-13-30-16)23-17(12-14-31-23)32-15(2)29/h9-10,13,17,23H,3-7,12,14H2,1-2H3/t17-,23-/m1/s1. The van der Waals surface area contributed by atoms with Crippen LogP contribution < -0.4 is 0 Å². The average molecular weight is 457 g/mol. The first kappa shape index (κ1) is 22.3. The van der Waals surface area contributed by atoms with Crippen LogP contribution in [0.25, 0.3) is 22.7 Å². The van der Waals surface area contributed by atoms with Crippen LogP contribution in [0.15, 0.2) is 22.8 Å². The van der Waals surface area contributed by atoms with E-state index < -0.39 is 12.3 Å². The Kier molecular flexibility index (Phi) is 7.08. The second kappa shape index (κ2) is 10.2. The predicted octanol–water partition coefficient (Wildman–Crippen LogP) is 4.91. The minimum atomic E-state index is -0.621. The summed E-state index contributed by atoms with van der Waals surface area (Å²) in [4.78, 5) is 25.2. The Labute approximate surface area is 191 Å². The molecule has 32 heavy (non-hydrogen) atoms. The molecule has 0 unspecified atom stereocenters. The van der Waals surface area contributed by atoms with Crippen molar-refractivity contribution in [2.75, 3.05) is 6.61 Å². The fourth-order valence-corrected chi connectivity index (χ4v) is 3.93. The van der Waals surface area contributed by atoms with Gasteiger partial charge in [-0.05, 0) is 24.5 Å². The molecule has 0 radical (unpaired) electrons. The lowest BCUT2D eigenvalue weighted by atomic mass is 10.2. The molecule has 0 bridgehead atoms. The normalized spacial score (nSPS) is 18.0. The Morgan fingerprint density at radius 1 is 1.31 bits per heavy atom. The maximum Gasteiger partial charge on any atom is 0.303 e. The minimum absolute atomic E-state index is 0.193. The minimum Gasteiger partial charge on any atom is -0.461 e. The van der Waals surface area contributed by atoms with Gasteiger partial charge in [-0.2, -0.15) is 0 Å². The molecule has 1 saturated heterocycles. The fraction of sp³-hybridized carbons (Fsp3) is 0.478. The number of unbranched alkanes of at least 4 members (excludes halogenated alkanes) is 4. The van der Waals surface area contributed by atoms with E-state index in [0.29, 0.717) is 41.6 Å². The molecule has 9 heteroatoms. The van der Waals surface area contributed by atoms with E-state index in [1.807, 2.05) is 0 Å². The molecule has 0 saturated carbocycles. The Balaban J connectivity index is 1.75. The van der Waals surface area contributed by atoms with E-state index in [9.17, 15) is 4.79 Å². The largest absolute Gasteiger partial charge is 0.461 e. The summed E-state index contributed by atoms with van der Waals surface area (Å²) in [7, 11) is 0. The zero-order chi connectivity index (χ0) is 22.5.